The summed E-state index contributed by atoms with van der Waals surface area (Å²) in [4.78, 5) is 28.0. The first kappa shape index (κ1) is 18.6. The second-order valence-electron chi connectivity index (χ2n) is 7.06. The second-order valence-corrected chi connectivity index (χ2v) is 8.01. The van der Waals surface area contributed by atoms with E-state index >= 15 is 0 Å². The number of aryl methyl sites for hydroxylation is 2. The van der Waals surface area contributed by atoms with Gasteiger partial charge in [0.1, 0.15) is 5.69 Å². The molecule has 1 saturated heterocycles. The van der Waals surface area contributed by atoms with Crippen molar-refractivity contribution in [3.05, 3.63) is 58.0 Å². The molecule has 3 aromatic heterocycles. The maximum Gasteiger partial charge on any atom is 0.267 e. The number of aromatic nitrogens is 4. The molecule has 1 unspecified atom stereocenters. The quantitative estimate of drug-likeness (QED) is 0.664. The molecule has 0 spiro atoms. The molecular weight excluding hydrogens is 374 g/mol. The van der Waals surface area contributed by atoms with E-state index in [0.29, 0.717) is 19.5 Å². The van der Waals surface area contributed by atoms with Crippen molar-refractivity contribution in [2.45, 2.75) is 38.8 Å². The molecule has 1 aliphatic rings. The number of hydrogen-bond donors (Lipinski definition) is 0. The molecule has 0 radical (unpaired) electrons. The predicted molar refractivity (Wildman–Crippen MR) is 108 cm³/mol. The third-order valence-corrected chi connectivity index (χ3v) is 6.05. The Kier molecular flexibility index (Phi) is 5.38. The average Bonchev–Trinajstić information content (AvgIpc) is 3.38. The van der Waals surface area contributed by atoms with Crippen molar-refractivity contribution < 1.29 is 4.79 Å². The van der Waals surface area contributed by atoms with Crippen molar-refractivity contribution in [3.8, 4) is 10.6 Å². The van der Waals surface area contributed by atoms with E-state index in [9.17, 15) is 9.59 Å². The zero-order chi connectivity index (χ0) is 19.5. The molecule has 4 heterocycles. The van der Waals surface area contributed by atoms with Gasteiger partial charge in [-0.15, -0.1) is 11.3 Å². The number of carbonyl (C=O) groups is 1. The first-order valence-corrected chi connectivity index (χ1v) is 10.4. The molecule has 3 aromatic rings. The average molecular weight is 398 g/mol. The van der Waals surface area contributed by atoms with E-state index in [1.54, 1.807) is 34.3 Å². The molecule has 4 rings (SSSR count). The van der Waals surface area contributed by atoms with Crippen LogP contribution in [0.5, 0.6) is 0 Å². The topological polar surface area (TPSA) is 73.0 Å². The van der Waals surface area contributed by atoms with Crippen LogP contribution < -0.4 is 5.56 Å². The van der Waals surface area contributed by atoms with Crippen molar-refractivity contribution in [2.24, 2.45) is 0 Å². The molecule has 1 fully saturated rings. The smallest absolute Gasteiger partial charge is 0.267 e. The van der Waals surface area contributed by atoms with Crippen LogP contribution in [0, 0.1) is 6.92 Å². The van der Waals surface area contributed by atoms with Gasteiger partial charge in [0.15, 0.2) is 0 Å². The van der Waals surface area contributed by atoms with Gasteiger partial charge in [-0.05, 0) is 43.3 Å². The van der Waals surface area contributed by atoms with Crippen molar-refractivity contribution in [1.82, 2.24) is 24.5 Å². The largest absolute Gasteiger partial charge is 0.340 e. The summed E-state index contributed by atoms with van der Waals surface area (Å²) < 4.78 is 3.40. The van der Waals surface area contributed by atoms with Crippen molar-refractivity contribution in [3.63, 3.8) is 0 Å². The lowest BCUT2D eigenvalue weighted by Crippen LogP contribution is -2.43. The number of nitrogens with zero attached hydrogens (tertiary/aromatic N) is 5. The molecule has 8 heteroatoms. The summed E-state index contributed by atoms with van der Waals surface area (Å²) in [6.07, 6.45) is 3.87. The van der Waals surface area contributed by atoms with E-state index in [-0.39, 0.29) is 17.5 Å². The number of likely N-dealkylation sites (tertiary alicyclic amines) is 1. The predicted octanol–water partition coefficient (Wildman–Crippen LogP) is 2.73. The first-order valence-electron chi connectivity index (χ1n) is 9.52. The lowest BCUT2D eigenvalue weighted by atomic mass is 10.1. The summed E-state index contributed by atoms with van der Waals surface area (Å²) in [6.45, 7) is 3.81. The van der Waals surface area contributed by atoms with Gasteiger partial charge in [-0.2, -0.15) is 10.2 Å². The Morgan fingerprint density at radius 2 is 2.18 bits per heavy atom. The Morgan fingerprint density at radius 3 is 2.93 bits per heavy atom. The summed E-state index contributed by atoms with van der Waals surface area (Å²) >= 11 is 1.60. The van der Waals surface area contributed by atoms with Crippen LogP contribution in [0.3, 0.4) is 0 Å². The summed E-state index contributed by atoms with van der Waals surface area (Å²) in [5, 5.41) is 10.8. The summed E-state index contributed by atoms with van der Waals surface area (Å²) in [7, 11) is 0. The molecule has 146 valence electrons. The van der Waals surface area contributed by atoms with Crippen LogP contribution >= 0.6 is 11.3 Å². The molecule has 0 saturated carbocycles. The molecule has 28 heavy (non-hydrogen) atoms. The number of rotatable bonds is 5. The SMILES string of the molecule is Cc1ccnn1CCC(=O)N1CCCC(n2nc(-c3cccs3)ccc2=O)C1. The highest BCUT2D eigenvalue weighted by Crippen LogP contribution is 2.24. The highest BCUT2D eigenvalue weighted by atomic mass is 32.1. The Labute approximate surface area is 167 Å². The van der Waals surface area contributed by atoms with Crippen molar-refractivity contribution in [1.29, 1.82) is 0 Å². The van der Waals surface area contributed by atoms with Gasteiger partial charge in [-0.25, -0.2) is 4.68 Å². The van der Waals surface area contributed by atoms with E-state index in [4.69, 9.17) is 0 Å². The fourth-order valence-corrected chi connectivity index (χ4v) is 4.31. The highest BCUT2D eigenvalue weighted by Gasteiger charge is 2.26. The highest BCUT2D eigenvalue weighted by molar-refractivity contribution is 7.13. The minimum absolute atomic E-state index is 0.0865. The van der Waals surface area contributed by atoms with Gasteiger partial charge in [-0.1, -0.05) is 6.07 Å². The van der Waals surface area contributed by atoms with Crippen LogP contribution in [0.4, 0.5) is 0 Å². The third-order valence-electron chi connectivity index (χ3n) is 5.16. The number of amides is 1. The Bertz CT molecular complexity index is 1010. The number of thiophene rings is 1. The van der Waals surface area contributed by atoms with Crippen LogP contribution in [0.25, 0.3) is 10.6 Å². The van der Waals surface area contributed by atoms with Crippen LogP contribution in [-0.2, 0) is 11.3 Å². The molecule has 0 aromatic carbocycles. The van der Waals surface area contributed by atoms with E-state index in [0.717, 1.165) is 35.7 Å². The molecule has 0 N–H and O–H groups in total. The molecule has 7 nitrogen and oxygen atoms in total. The van der Waals surface area contributed by atoms with E-state index in [2.05, 4.69) is 10.2 Å². The van der Waals surface area contributed by atoms with Gasteiger partial charge in [0.25, 0.3) is 5.56 Å². The van der Waals surface area contributed by atoms with Gasteiger partial charge in [0.2, 0.25) is 5.91 Å². The molecule has 1 aliphatic heterocycles. The standard InChI is InChI=1S/C20H23N5O2S/c1-15-8-10-21-24(15)12-9-19(26)23-11-2-4-16(14-23)25-20(27)7-6-17(22-25)18-5-3-13-28-18/h3,5-8,10,13,16H,2,4,9,11-12,14H2,1H3. The molecular formula is C20H23N5O2S. The minimum Gasteiger partial charge on any atom is -0.340 e. The maximum atomic E-state index is 12.7. The fourth-order valence-electron chi connectivity index (χ4n) is 3.62. The normalized spacial score (nSPS) is 17.0. The summed E-state index contributed by atoms with van der Waals surface area (Å²) in [6, 6.07) is 9.15. The minimum atomic E-state index is -0.119. The van der Waals surface area contributed by atoms with E-state index in [1.165, 1.54) is 0 Å². The summed E-state index contributed by atoms with van der Waals surface area (Å²) in [5.74, 6) is 0.0991. The van der Waals surface area contributed by atoms with Gasteiger partial charge in [0, 0.05) is 44.0 Å². The Morgan fingerprint density at radius 1 is 1.29 bits per heavy atom. The lowest BCUT2D eigenvalue weighted by molar-refractivity contribution is -0.133. The zero-order valence-corrected chi connectivity index (χ0v) is 16.6. The van der Waals surface area contributed by atoms with Crippen LogP contribution in [0.1, 0.15) is 31.0 Å². The van der Waals surface area contributed by atoms with E-state index < -0.39 is 0 Å². The number of hydrogen-bond acceptors (Lipinski definition) is 5. The summed E-state index contributed by atoms with van der Waals surface area (Å²) in [5.41, 5.74) is 1.73. The second kappa shape index (κ2) is 8.10. The number of piperidine rings is 1. The Hall–Kier alpha value is -2.74. The fraction of sp³-hybridized carbons (Fsp3) is 0.400. The third kappa shape index (κ3) is 3.91. The van der Waals surface area contributed by atoms with Crippen molar-refractivity contribution in [2.75, 3.05) is 13.1 Å². The van der Waals surface area contributed by atoms with Crippen molar-refractivity contribution >= 4 is 17.2 Å². The molecule has 0 bridgehead atoms. The first-order chi connectivity index (χ1) is 13.6. The molecule has 0 aliphatic carbocycles. The van der Waals surface area contributed by atoms with Gasteiger partial charge < -0.3 is 4.90 Å². The zero-order valence-electron chi connectivity index (χ0n) is 15.8. The van der Waals surface area contributed by atoms with Gasteiger partial charge in [0.05, 0.1) is 10.9 Å². The maximum absolute atomic E-state index is 12.7. The number of carbonyl (C=O) groups excluding carboxylic acids is 1. The Balaban J connectivity index is 1.46. The van der Waals surface area contributed by atoms with Crippen LogP contribution in [-0.4, -0.2) is 43.5 Å². The van der Waals surface area contributed by atoms with Gasteiger partial charge >= 0.3 is 0 Å². The lowest BCUT2D eigenvalue weighted by Gasteiger charge is -2.33. The van der Waals surface area contributed by atoms with Gasteiger partial charge in [-0.3, -0.25) is 14.3 Å². The monoisotopic (exact) mass is 397 g/mol. The van der Waals surface area contributed by atoms with Crippen LogP contribution in [0.15, 0.2) is 46.7 Å². The molecule has 1 atom stereocenters. The van der Waals surface area contributed by atoms with E-state index in [1.807, 2.05) is 40.1 Å². The molecule has 1 amide bonds. The van der Waals surface area contributed by atoms with Crippen LogP contribution in [0.2, 0.25) is 0 Å².